The summed E-state index contributed by atoms with van der Waals surface area (Å²) in [5.41, 5.74) is -0.0874. The van der Waals surface area contributed by atoms with E-state index in [9.17, 15) is 13.2 Å². The van der Waals surface area contributed by atoms with Gasteiger partial charge in [0.25, 0.3) is 0 Å². The SMILES string of the molecule is CCS(=O)(=O)N1CCC(NC(=O)CNC(C)(C)C)CC1. The molecule has 7 heteroatoms. The van der Waals surface area contributed by atoms with Crippen molar-refractivity contribution in [1.82, 2.24) is 14.9 Å². The molecule has 1 aliphatic heterocycles. The van der Waals surface area contributed by atoms with Gasteiger partial charge >= 0.3 is 0 Å². The normalized spacial score (nSPS) is 19.0. The predicted octanol–water partition coefficient (Wildman–Crippen LogP) is 0.305. The molecule has 1 amide bonds. The number of carbonyl (C=O) groups excluding carboxylic acids is 1. The lowest BCUT2D eigenvalue weighted by atomic mass is 10.1. The summed E-state index contributed by atoms with van der Waals surface area (Å²) in [6.45, 7) is 8.96. The van der Waals surface area contributed by atoms with Gasteiger partial charge in [0, 0.05) is 24.7 Å². The molecule has 0 atom stereocenters. The van der Waals surface area contributed by atoms with Gasteiger partial charge in [0.15, 0.2) is 0 Å². The predicted molar refractivity (Wildman–Crippen MR) is 80.0 cm³/mol. The Morgan fingerprint density at radius 1 is 1.25 bits per heavy atom. The third-order valence-corrected chi connectivity index (χ3v) is 5.24. The van der Waals surface area contributed by atoms with Gasteiger partial charge in [-0.3, -0.25) is 4.79 Å². The molecule has 1 saturated heterocycles. The van der Waals surface area contributed by atoms with Crippen LogP contribution < -0.4 is 10.6 Å². The van der Waals surface area contributed by atoms with E-state index in [1.165, 1.54) is 4.31 Å². The van der Waals surface area contributed by atoms with Crippen molar-refractivity contribution in [3.63, 3.8) is 0 Å². The molecule has 0 unspecified atom stereocenters. The van der Waals surface area contributed by atoms with Gasteiger partial charge in [-0.05, 0) is 40.5 Å². The largest absolute Gasteiger partial charge is 0.352 e. The average Bonchev–Trinajstić information content (AvgIpc) is 2.36. The molecule has 20 heavy (non-hydrogen) atoms. The molecule has 1 fully saturated rings. The lowest BCUT2D eigenvalue weighted by molar-refractivity contribution is -0.121. The minimum absolute atomic E-state index is 0.0308. The molecule has 0 aliphatic carbocycles. The van der Waals surface area contributed by atoms with Crippen molar-refractivity contribution in [1.29, 1.82) is 0 Å². The third kappa shape index (κ3) is 5.76. The standard InChI is InChI=1S/C13H27N3O3S/c1-5-20(18,19)16-8-6-11(7-9-16)15-12(17)10-14-13(2,3)4/h11,14H,5-10H2,1-4H3,(H,15,17). The van der Waals surface area contributed by atoms with E-state index in [4.69, 9.17) is 0 Å². The fraction of sp³-hybridized carbons (Fsp3) is 0.923. The molecule has 0 spiro atoms. The first-order chi connectivity index (χ1) is 9.14. The van der Waals surface area contributed by atoms with Crippen molar-refractivity contribution in [2.45, 2.75) is 52.1 Å². The van der Waals surface area contributed by atoms with E-state index in [0.717, 1.165) is 0 Å². The zero-order chi connectivity index (χ0) is 15.4. The van der Waals surface area contributed by atoms with Crippen molar-refractivity contribution in [2.24, 2.45) is 0 Å². The number of nitrogens with one attached hydrogen (secondary N) is 2. The second kappa shape index (κ2) is 6.87. The minimum atomic E-state index is -3.09. The van der Waals surface area contributed by atoms with Gasteiger partial charge in [-0.2, -0.15) is 0 Å². The fourth-order valence-corrected chi connectivity index (χ4v) is 3.22. The second-order valence-corrected chi connectivity index (χ2v) is 8.50. The first-order valence-corrected chi connectivity index (χ1v) is 8.77. The van der Waals surface area contributed by atoms with E-state index in [-0.39, 0.29) is 29.8 Å². The zero-order valence-electron chi connectivity index (χ0n) is 12.9. The van der Waals surface area contributed by atoms with Gasteiger partial charge in [-0.15, -0.1) is 0 Å². The van der Waals surface area contributed by atoms with Crippen molar-refractivity contribution < 1.29 is 13.2 Å². The monoisotopic (exact) mass is 305 g/mol. The lowest BCUT2D eigenvalue weighted by Crippen LogP contribution is -2.50. The highest BCUT2D eigenvalue weighted by Crippen LogP contribution is 2.14. The maximum atomic E-state index is 11.8. The molecule has 118 valence electrons. The van der Waals surface area contributed by atoms with Crippen LogP contribution in [0, 0.1) is 0 Å². The number of carbonyl (C=O) groups is 1. The number of amides is 1. The van der Waals surface area contributed by atoms with Crippen molar-refractivity contribution in [3.8, 4) is 0 Å². The number of hydrogen-bond donors (Lipinski definition) is 2. The highest BCUT2D eigenvalue weighted by atomic mass is 32.2. The number of sulfonamides is 1. The Labute approximate surface area is 122 Å². The summed E-state index contributed by atoms with van der Waals surface area (Å²) in [4.78, 5) is 11.8. The summed E-state index contributed by atoms with van der Waals surface area (Å²) in [5, 5.41) is 6.09. The van der Waals surface area contributed by atoms with Crippen LogP contribution in [-0.4, -0.2) is 55.6 Å². The summed E-state index contributed by atoms with van der Waals surface area (Å²) in [6.07, 6.45) is 1.36. The van der Waals surface area contributed by atoms with Gasteiger partial charge in [0.1, 0.15) is 0 Å². The Morgan fingerprint density at radius 3 is 2.25 bits per heavy atom. The molecular weight excluding hydrogens is 278 g/mol. The van der Waals surface area contributed by atoms with Crippen molar-refractivity contribution in [3.05, 3.63) is 0 Å². The van der Waals surface area contributed by atoms with Crippen LogP contribution in [0.25, 0.3) is 0 Å². The lowest BCUT2D eigenvalue weighted by Gasteiger charge is -2.31. The van der Waals surface area contributed by atoms with Crippen LogP contribution in [-0.2, 0) is 14.8 Å². The van der Waals surface area contributed by atoms with Crippen LogP contribution in [0.15, 0.2) is 0 Å². The Morgan fingerprint density at radius 2 is 1.80 bits per heavy atom. The average molecular weight is 305 g/mol. The van der Waals surface area contributed by atoms with Crippen LogP contribution in [0.4, 0.5) is 0 Å². The van der Waals surface area contributed by atoms with E-state index in [1.54, 1.807) is 6.92 Å². The molecule has 1 rings (SSSR count). The Hall–Kier alpha value is -0.660. The number of rotatable bonds is 5. The van der Waals surface area contributed by atoms with Crippen molar-refractivity contribution >= 4 is 15.9 Å². The first-order valence-electron chi connectivity index (χ1n) is 7.16. The van der Waals surface area contributed by atoms with Gasteiger partial charge in [-0.1, -0.05) is 0 Å². The highest BCUT2D eigenvalue weighted by Gasteiger charge is 2.27. The van der Waals surface area contributed by atoms with E-state index in [2.05, 4.69) is 10.6 Å². The van der Waals surface area contributed by atoms with Crippen LogP contribution in [0.3, 0.4) is 0 Å². The Balaban J connectivity index is 2.34. The molecule has 2 N–H and O–H groups in total. The molecule has 0 aromatic rings. The highest BCUT2D eigenvalue weighted by molar-refractivity contribution is 7.89. The van der Waals surface area contributed by atoms with Gasteiger partial charge < -0.3 is 10.6 Å². The third-order valence-electron chi connectivity index (χ3n) is 3.36. The fourth-order valence-electron chi connectivity index (χ4n) is 2.09. The van der Waals surface area contributed by atoms with Gasteiger partial charge in [0.05, 0.1) is 12.3 Å². The Bertz CT molecular complexity index is 421. The minimum Gasteiger partial charge on any atom is -0.352 e. The molecular formula is C13H27N3O3S. The summed E-state index contributed by atoms with van der Waals surface area (Å²) in [7, 11) is -3.09. The molecule has 0 bridgehead atoms. The zero-order valence-corrected chi connectivity index (χ0v) is 13.7. The van der Waals surface area contributed by atoms with Crippen molar-refractivity contribution in [2.75, 3.05) is 25.4 Å². The molecule has 0 radical (unpaired) electrons. The smallest absolute Gasteiger partial charge is 0.234 e. The number of hydrogen-bond acceptors (Lipinski definition) is 4. The first kappa shape index (κ1) is 17.4. The quantitative estimate of drug-likeness (QED) is 0.766. The molecule has 0 aromatic carbocycles. The van der Waals surface area contributed by atoms with Crippen LogP contribution in [0.2, 0.25) is 0 Å². The van der Waals surface area contributed by atoms with Crippen LogP contribution in [0.1, 0.15) is 40.5 Å². The van der Waals surface area contributed by atoms with E-state index in [0.29, 0.717) is 25.9 Å². The Kier molecular flexibility index (Phi) is 5.97. The maximum Gasteiger partial charge on any atom is 0.234 e. The molecule has 0 aromatic heterocycles. The topological polar surface area (TPSA) is 78.5 Å². The van der Waals surface area contributed by atoms with E-state index >= 15 is 0 Å². The summed E-state index contributed by atoms with van der Waals surface area (Å²) in [6, 6.07) is 0.0765. The number of piperidine rings is 1. The summed E-state index contributed by atoms with van der Waals surface area (Å²) >= 11 is 0. The van der Waals surface area contributed by atoms with E-state index in [1.807, 2.05) is 20.8 Å². The maximum absolute atomic E-state index is 11.8. The second-order valence-electron chi connectivity index (χ2n) is 6.24. The number of nitrogens with zero attached hydrogens (tertiary/aromatic N) is 1. The van der Waals surface area contributed by atoms with E-state index < -0.39 is 10.0 Å². The molecule has 1 aliphatic rings. The van der Waals surface area contributed by atoms with Crippen LogP contribution in [0.5, 0.6) is 0 Å². The molecule has 1 heterocycles. The summed E-state index contributed by atoms with van der Waals surface area (Å²) in [5.74, 6) is 0.108. The van der Waals surface area contributed by atoms with Gasteiger partial charge in [0.2, 0.25) is 15.9 Å². The molecule has 6 nitrogen and oxygen atoms in total. The summed E-state index contributed by atoms with van der Waals surface area (Å²) < 4.78 is 25.0. The van der Waals surface area contributed by atoms with Gasteiger partial charge in [-0.25, -0.2) is 12.7 Å². The molecule has 0 saturated carbocycles. The van der Waals surface area contributed by atoms with Crippen LogP contribution >= 0.6 is 0 Å².